The van der Waals surface area contributed by atoms with Crippen LogP contribution in [0.3, 0.4) is 0 Å². The molecule has 0 aliphatic carbocycles. The van der Waals surface area contributed by atoms with Crippen molar-refractivity contribution in [3.63, 3.8) is 0 Å². The van der Waals surface area contributed by atoms with Crippen LogP contribution in [0.5, 0.6) is 0 Å². The van der Waals surface area contributed by atoms with E-state index in [2.05, 4.69) is 217 Å². The van der Waals surface area contributed by atoms with Gasteiger partial charge in [-0.1, -0.05) is 194 Å². The maximum Gasteiger partial charge on any atom is 0.143 e. The SMILES string of the molecule is c1ccc(N(c2ccc(-c3cccc4c3oc3ccccc34)cc2)c2ccccc2-c2cccc3ccccc23)c(-c2ccc(-c3cccc4ccccc34)cc2)c1. The molecule has 0 fully saturated rings. The fourth-order valence-electron chi connectivity index (χ4n) is 8.75. The van der Waals surface area contributed by atoms with E-state index in [4.69, 9.17) is 4.42 Å². The zero-order chi connectivity index (χ0) is 38.4. The zero-order valence-electron chi connectivity index (χ0n) is 31.7. The topological polar surface area (TPSA) is 16.4 Å². The second kappa shape index (κ2) is 14.1. The van der Waals surface area contributed by atoms with E-state index in [1.807, 2.05) is 12.1 Å². The Morgan fingerprint density at radius 1 is 0.276 bits per heavy atom. The first kappa shape index (κ1) is 33.6. The monoisotopic (exact) mass is 739 g/mol. The highest BCUT2D eigenvalue weighted by Gasteiger charge is 2.22. The zero-order valence-corrected chi connectivity index (χ0v) is 31.7. The van der Waals surface area contributed by atoms with Crippen molar-refractivity contribution >= 4 is 60.5 Å². The normalized spacial score (nSPS) is 11.4. The van der Waals surface area contributed by atoms with E-state index in [0.29, 0.717) is 0 Å². The molecule has 10 aromatic carbocycles. The fraction of sp³-hybridized carbons (Fsp3) is 0. The summed E-state index contributed by atoms with van der Waals surface area (Å²) in [5.41, 5.74) is 14.4. The largest absolute Gasteiger partial charge is 0.455 e. The highest BCUT2D eigenvalue weighted by Crippen LogP contribution is 2.47. The van der Waals surface area contributed by atoms with Crippen LogP contribution in [-0.2, 0) is 0 Å². The predicted molar refractivity (Wildman–Crippen MR) is 245 cm³/mol. The molecule has 1 aromatic heterocycles. The Hall–Kier alpha value is -7.68. The molecule has 11 aromatic rings. The van der Waals surface area contributed by atoms with E-state index < -0.39 is 0 Å². The molecule has 0 bridgehead atoms. The molecule has 0 radical (unpaired) electrons. The summed E-state index contributed by atoms with van der Waals surface area (Å²) < 4.78 is 6.47. The molecule has 0 amide bonds. The number of hydrogen-bond acceptors (Lipinski definition) is 2. The highest BCUT2D eigenvalue weighted by molar-refractivity contribution is 6.10. The summed E-state index contributed by atoms with van der Waals surface area (Å²) >= 11 is 0. The number of fused-ring (bicyclic) bond motifs is 5. The number of furan rings is 1. The molecule has 1 heterocycles. The van der Waals surface area contributed by atoms with Gasteiger partial charge in [-0.2, -0.15) is 0 Å². The summed E-state index contributed by atoms with van der Waals surface area (Å²) in [5, 5.41) is 7.21. The first-order chi connectivity index (χ1) is 28.8. The summed E-state index contributed by atoms with van der Waals surface area (Å²) in [7, 11) is 0. The second-order valence-electron chi connectivity index (χ2n) is 14.8. The third-order valence-corrected chi connectivity index (χ3v) is 11.5. The molecule has 0 aliphatic heterocycles. The van der Waals surface area contributed by atoms with Crippen LogP contribution in [0.1, 0.15) is 0 Å². The smallest absolute Gasteiger partial charge is 0.143 e. The summed E-state index contributed by atoms with van der Waals surface area (Å²) in [4.78, 5) is 2.43. The van der Waals surface area contributed by atoms with Gasteiger partial charge >= 0.3 is 0 Å². The minimum absolute atomic E-state index is 0.902. The van der Waals surface area contributed by atoms with Gasteiger partial charge in [0.05, 0.1) is 11.4 Å². The van der Waals surface area contributed by atoms with Gasteiger partial charge in [0.25, 0.3) is 0 Å². The van der Waals surface area contributed by atoms with Gasteiger partial charge in [-0.25, -0.2) is 0 Å². The molecule has 2 nitrogen and oxygen atoms in total. The predicted octanol–water partition coefficient (Wildman–Crippen LogP) is 16.0. The number of anilines is 3. The van der Waals surface area contributed by atoms with E-state index >= 15 is 0 Å². The van der Waals surface area contributed by atoms with Crippen molar-refractivity contribution in [2.75, 3.05) is 4.90 Å². The standard InChI is InChI=1S/C56H37NO/c1-3-18-44-38(14-1)16-11-23-45(44)40-30-32-41(33-31-40)47-20-5-8-27-53(47)57(54-28-9-6-21-50(54)49-25-12-17-39-15-2-4-19-46(39)49)43-36-34-42(35-37-43)48-24-13-26-52-51-22-7-10-29-55(51)58-56(48)52/h1-37H. The first-order valence-corrected chi connectivity index (χ1v) is 19.8. The number of hydrogen-bond donors (Lipinski definition) is 0. The lowest BCUT2D eigenvalue weighted by atomic mass is 9.94. The van der Waals surface area contributed by atoms with Gasteiger partial charge in [0.15, 0.2) is 0 Å². The van der Waals surface area contributed by atoms with Gasteiger partial charge in [0, 0.05) is 33.2 Å². The summed E-state index contributed by atoms with van der Waals surface area (Å²) in [5.74, 6) is 0. The Morgan fingerprint density at radius 3 is 1.43 bits per heavy atom. The minimum atomic E-state index is 0.902. The Bertz CT molecular complexity index is 3270. The Kier molecular flexibility index (Phi) is 8.19. The number of nitrogens with zero attached hydrogens (tertiary/aromatic N) is 1. The lowest BCUT2D eigenvalue weighted by Crippen LogP contribution is -2.12. The summed E-state index contributed by atoms with van der Waals surface area (Å²) in [6.07, 6.45) is 0. The molecule has 0 saturated heterocycles. The molecule has 11 rings (SSSR count). The van der Waals surface area contributed by atoms with Gasteiger partial charge in [0.1, 0.15) is 11.2 Å². The molecule has 0 N–H and O–H groups in total. The average molecular weight is 740 g/mol. The molecule has 0 saturated carbocycles. The van der Waals surface area contributed by atoms with E-state index in [-0.39, 0.29) is 0 Å². The lowest BCUT2D eigenvalue weighted by molar-refractivity contribution is 0.670. The number of rotatable bonds is 7. The van der Waals surface area contributed by atoms with Crippen LogP contribution >= 0.6 is 0 Å². The van der Waals surface area contributed by atoms with Crippen molar-refractivity contribution in [2.24, 2.45) is 0 Å². The van der Waals surface area contributed by atoms with Crippen LogP contribution in [0.15, 0.2) is 229 Å². The third kappa shape index (κ3) is 5.74. The van der Waals surface area contributed by atoms with Crippen LogP contribution in [0.4, 0.5) is 17.1 Å². The third-order valence-electron chi connectivity index (χ3n) is 11.5. The quantitative estimate of drug-likeness (QED) is 0.162. The minimum Gasteiger partial charge on any atom is -0.455 e. The Labute approximate surface area is 337 Å². The average Bonchev–Trinajstić information content (AvgIpc) is 3.69. The van der Waals surface area contributed by atoms with E-state index in [1.165, 1.54) is 38.2 Å². The van der Waals surface area contributed by atoms with Gasteiger partial charge in [-0.05, 0) is 79.7 Å². The van der Waals surface area contributed by atoms with Crippen molar-refractivity contribution in [3.8, 4) is 44.5 Å². The Balaban J connectivity index is 1.08. The molecular weight excluding hydrogens is 703 g/mol. The highest BCUT2D eigenvalue weighted by atomic mass is 16.3. The number of para-hydroxylation sites is 4. The van der Waals surface area contributed by atoms with Gasteiger partial charge < -0.3 is 9.32 Å². The van der Waals surface area contributed by atoms with Gasteiger partial charge in [-0.3, -0.25) is 0 Å². The van der Waals surface area contributed by atoms with Crippen LogP contribution in [-0.4, -0.2) is 0 Å². The van der Waals surface area contributed by atoms with Crippen LogP contribution in [0.2, 0.25) is 0 Å². The molecule has 272 valence electrons. The number of benzene rings is 10. The molecule has 0 unspecified atom stereocenters. The molecule has 0 atom stereocenters. The fourth-order valence-corrected chi connectivity index (χ4v) is 8.75. The maximum absolute atomic E-state index is 6.47. The maximum atomic E-state index is 6.47. The molecule has 58 heavy (non-hydrogen) atoms. The molecule has 2 heteroatoms. The summed E-state index contributed by atoms with van der Waals surface area (Å²) in [6, 6.07) is 80.7. The summed E-state index contributed by atoms with van der Waals surface area (Å²) in [6.45, 7) is 0. The van der Waals surface area contributed by atoms with Crippen molar-refractivity contribution in [1.82, 2.24) is 0 Å². The second-order valence-corrected chi connectivity index (χ2v) is 14.8. The molecule has 0 spiro atoms. The van der Waals surface area contributed by atoms with Crippen LogP contribution < -0.4 is 4.90 Å². The molecular formula is C56H37NO. The van der Waals surface area contributed by atoms with Crippen molar-refractivity contribution < 1.29 is 4.42 Å². The van der Waals surface area contributed by atoms with E-state index in [9.17, 15) is 0 Å². The van der Waals surface area contributed by atoms with Gasteiger partial charge in [-0.15, -0.1) is 0 Å². The van der Waals surface area contributed by atoms with E-state index in [1.54, 1.807) is 0 Å². The molecule has 0 aliphatic rings. The lowest BCUT2D eigenvalue weighted by Gasteiger charge is -2.30. The van der Waals surface area contributed by atoms with Crippen molar-refractivity contribution in [2.45, 2.75) is 0 Å². The van der Waals surface area contributed by atoms with Crippen LogP contribution in [0.25, 0.3) is 88.0 Å². The van der Waals surface area contributed by atoms with Crippen LogP contribution in [0, 0.1) is 0 Å². The Morgan fingerprint density at radius 2 is 0.707 bits per heavy atom. The van der Waals surface area contributed by atoms with Crippen molar-refractivity contribution in [3.05, 3.63) is 224 Å². The van der Waals surface area contributed by atoms with Crippen molar-refractivity contribution in [1.29, 1.82) is 0 Å². The van der Waals surface area contributed by atoms with E-state index in [0.717, 1.165) is 66.8 Å². The van der Waals surface area contributed by atoms with Gasteiger partial charge in [0.2, 0.25) is 0 Å². The first-order valence-electron chi connectivity index (χ1n) is 19.8.